The maximum absolute atomic E-state index is 13.5. The van der Waals surface area contributed by atoms with Crippen LogP contribution >= 0.6 is 0 Å². The first-order valence-corrected chi connectivity index (χ1v) is 10.3. The van der Waals surface area contributed by atoms with E-state index in [2.05, 4.69) is 15.5 Å². The molecule has 0 saturated heterocycles. The predicted octanol–water partition coefficient (Wildman–Crippen LogP) is 4.78. The van der Waals surface area contributed by atoms with Crippen molar-refractivity contribution in [3.63, 3.8) is 0 Å². The molecule has 0 fully saturated rings. The molecule has 1 heterocycles. The average molecular weight is 449 g/mol. The Kier molecular flexibility index (Phi) is 6.85. The largest absolute Gasteiger partial charge is 0.497 e. The van der Waals surface area contributed by atoms with E-state index < -0.39 is 0 Å². The summed E-state index contributed by atoms with van der Waals surface area (Å²) in [6.07, 6.45) is 0. The van der Waals surface area contributed by atoms with E-state index in [1.54, 1.807) is 45.6 Å². The molecular formula is C25H24FN3O4. The van der Waals surface area contributed by atoms with Crippen LogP contribution in [0.15, 0.2) is 71.3 Å². The minimum Gasteiger partial charge on any atom is -0.497 e. The molecule has 0 bridgehead atoms. The van der Waals surface area contributed by atoms with Crippen LogP contribution in [0, 0.1) is 5.82 Å². The van der Waals surface area contributed by atoms with E-state index in [-0.39, 0.29) is 11.9 Å². The minimum absolute atomic E-state index is 0.215. The summed E-state index contributed by atoms with van der Waals surface area (Å²) < 4.78 is 34.8. The molecule has 0 aliphatic heterocycles. The molecule has 1 atom stereocenters. The molecular weight excluding hydrogens is 425 g/mol. The fourth-order valence-electron chi connectivity index (χ4n) is 3.49. The molecule has 0 spiro atoms. The van der Waals surface area contributed by atoms with Gasteiger partial charge >= 0.3 is 0 Å². The molecule has 0 aliphatic carbocycles. The Morgan fingerprint density at radius 2 is 1.52 bits per heavy atom. The SMILES string of the molecule is COc1ccc(C(NCc2nc(-c3ccc(OC)c(OC)c3)no2)c2ccc(F)cc2)cc1. The van der Waals surface area contributed by atoms with Crippen LogP contribution in [0.4, 0.5) is 4.39 Å². The maximum atomic E-state index is 13.5. The topological polar surface area (TPSA) is 78.6 Å². The molecule has 0 saturated carbocycles. The van der Waals surface area contributed by atoms with Crippen molar-refractivity contribution in [2.45, 2.75) is 12.6 Å². The molecule has 8 heteroatoms. The molecule has 170 valence electrons. The predicted molar refractivity (Wildman–Crippen MR) is 121 cm³/mol. The van der Waals surface area contributed by atoms with Gasteiger partial charge in [-0.2, -0.15) is 4.98 Å². The number of methoxy groups -OCH3 is 3. The van der Waals surface area contributed by atoms with E-state index in [9.17, 15) is 4.39 Å². The van der Waals surface area contributed by atoms with Crippen molar-refractivity contribution in [3.8, 4) is 28.6 Å². The highest BCUT2D eigenvalue weighted by Gasteiger charge is 2.17. The Morgan fingerprint density at radius 1 is 0.848 bits per heavy atom. The highest BCUT2D eigenvalue weighted by atomic mass is 19.1. The van der Waals surface area contributed by atoms with E-state index in [0.717, 1.165) is 22.4 Å². The zero-order chi connectivity index (χ0) is 23.2. The fourth-order valence-corrected chi connectivity index (χ4v) is 3.49. The number of hydrogen-bond donors (Lipinski definition) is 1. The summed E-state index contributed by atoms with van der Waals surface area (Å²) in [5, 5.41) is 7.51. The number of ether oxygens (including phenoxy) is 3. The number of rotatable bonds is 9. The lowest BCUT2D eigenvalue weighted by Crippen LogP contribution is -2.22. The van der Waals surface area contributed by atoms with Crippen LogP contribution in [0.2, 0.25) is 0 Å². The zero-order valence-corrected chi connectivity index (χ0v) is 18.5. The van der Waals surface area contributed by atoms with Crippen molar-refractivity contribution in [2.24, 2.45) is 0 Å². The van der Waals surface area contributed by atoms with Crippen LogP contribution in [-0.2, 0) is 6.54 Å². The van der Waals surface area contributed by atoms with Crippen molar-refractivity contribution in [3.05, 3.63) is 89.6 Å². The minimum atomic E-state index is -0.288. The summed E-state index contributed by atoms with van der Waals surface area (Å²) >= 11 is 0. The van der Waals surface area contributed by atoms with Gasteiger partial charge in [0.05, 0.1) is 33.9 Å². The van der Waals surface area contributed by atoms with Crippen LogP contribution in [0.3, 0.4) is 0 Å². The molecule has 33 heavy (non-hydrogen) atoms. The fraction of sp³-hybridized carbons (Fsp3) is 0.200. The van der Waals surface area contributed by atoms with Crippen LogP contribution in [0.1, 0.15) is 23.1 Å². The summed E-state index contributed by atoms with van der Waals surface area (Å²) in [5.41, 5.74) is 2.64. The lowest BCUT2D eigenvalue weighted by Gasteiger charge is -2.19. The molecule has 1 unspecified atom stereocenters. The van der Waals surface area contributed by atoms with Crippen molar-refractivity contribution < 1.29 is 23.1 Å². The van der Waals surface area contributed by atoms with Crippen molar-refractivity contribution >= 4 is 0 Å². The van der Waals surface area contributed by atoms with Gasteiger partial charge in [-0.25, -0.2) is 4.39 Å². The molecule has 4 aromatic rings. The van der Waals surface area contributed by atoms with Gasteiger partial charge in [-0.05, 0) is 53.6 Å². The van der Waals surface area contributed by atoms with Crippen LogP contribution in [0.5, 0.6) is 17.2 Å². The van der Waals surface area contributed by atoms with Gasteiger partial charge in [-0.15, -0.1) is 0 Å². The Balaban J connectivity index is 1.54. The standard InChI is InChI=1S/C25H24FN3O4/c1-30-20-11-6-17(7-12-20)24(16-4-9-19(26)10-5-16)27-15-23-28-25(29-33-23)18-8-13-21(31-2)22(14-18)32-3/h4-14,24,27H,15H2,1-3H3. The van der Waals surface area contributed by atoms with Gasteiger partial charge in [0, 0.05) is 5.56 Å². The van der Waals surface area contributed by atoms with E-state index in [1.807, 2.05) is 30.3 Å². The summed E-state index contributed by atoms with van der Waals surface area (Å²) in [6.45, 7) is 0.314. The van der Waals surface area contributed by atoms with E-state index >= 15 is 0 Å². The maximum Gasteiger partial charge on any atom is 0.240 e. The summed E-state index contributed by atoms with van der Waals surface area (Å²) in [5.74, 6) is 2.52. The Hall–Kier alpha value is -3.91. The molecule has 0 radical (unpaired) electrons. The van der Waals surface area contributed by atoms with Gasteiger partial charge in [0.1, 0.15) is 11.6 Å². The van der Waals surface area contributed by atoms with Crippen LogP contribution in [-0.4, -0.2) is 31.5 Å². The number of nitrogens with one attached hydrogen (secondary N) is 1. The van der Waals surface area contributed by atoms with Crippen molar-refractivity contribution in [1.82, 2.24) is 15.5 Å². The lowest BCUT2D eigenvalue weighted by molar-refractivity contribution is 0.355. The number of benzene rings is 3. The van der Waals surface area contributed by atoms with Gasteiger partial charge < -0.3 is 18.7 Å². The van der Waals surface area contributed by atoms with Gasteiger partial charge in [0.2, 0.25) is 11.7 Å². The number of aromatic nitrogens is 2. The molecule has 4 rings (SSSR count). The second-order valence-corrected chi connectivity index (χ2v) is 7.22. The quantitative estimate of drug-likeness (QED) is 0.394. The first kappa shape index (κ1) is 22.3. The molecule has 7 nitrogen and oxygen atoms in total. The monoisotopic (exact) mass is 449 g/mol. The van der Waals surface area contributed by atoms with Gasteiger partial charge in [0.25, 0.3) is 0 Å². The van der Waals surface area contributed by atoms with Crippen molar-refractivity contribution in [2.75, 3.05) is 21.3 Å². The summed E-state index contributed by atoms with van der Waals surface area (Å²) in [6, 6.07) is 19.3. The third-order valence-corrected chi connectivity index (χ3v) is 5.22. The number of halogens is 1. The summed E-state index contributed by atoms with van der Waals surface area (Å²) in [7, 11) is 4.77. The third kappa shape index (κ3) is 5.12. The molecule has 0 aliphatic rings. The first-order valence-electron chi connectivity index (χ1n) is 10.3. The highest BCUT2D eigenvalue weighted by molar-refractivity contribution is 5.60. The Morgan fingerprint density at radius 3 is 2.15 bits per heavy atom. The van der Waals surface area contributed by atoms with Gasteiger partial charge in [0.15, 0.2) is 11.5 Å². The smallest absolute Gasteiger partial charge is 0.240 e. The van der Waals surface area contributed by atoms with E-state index in [4.69, 9.17) is 18.7 Å². The molecule has 0 amide bonds. The number of hydrogen-bond acceptors (Lipinski definition) is 7. The normalized spacial score (nSPS) is 11.8. The average Bonchev–Trinajstić information content (AvgIpc) is 3.34. The number of nitrogens with zero attached hydrogens (tertiary/aromatic N) is 2. The lowest BCUT2D eigenvalue weighted by atomic mass is 9.98. The third-order valence-electron chi connectivity index (χ3n) is 5.22. The van der Waals surface area contributed by atoms with Crippen LogP contribution < -0.4 is 19.5 Å². The van der Waals surface area contributed by atoms with E-state index in [1.165, 1.54) is 12.1 Å². The van der Waals surface area contributed by atoms with Crippen molar-refractivity contribution in [1.29, 1.82) is 0 Å². The second kappa shape index (κ2) is 10.1. The van der Waals surface area contributed by atoms with Gasteiger partial charge in [-0.3, -0.25) is 5.32 Å². The Labute approximate surface area is 191 Å². The molecule has 1 N–H and O–H groups in total. The Bertz CT molecular complexity index is 1190. The van der Waals surface area contributed by atoms with E-state index in [0.29, 0.717) is 29.8 Å². The molecule has 3 aromatic carbocycles. The zero-order valence-electron chi connectivity index (χ0n) is 18.5. The summed E-state index contributed by atoms with van der Waals surface area (Å²) in [4.78, 5) is 4.50. The second-order valence-electron chi connectivity index (χ2n) is 7.22. The van der Waals surface area contributed by atoms with Gasteiger partial charge in [-0.1, -0.05) is 29.4 Å². The first-order chi connectivity index (χ1) is 16.1. The molecule has 1 aromatic heterocycles. The highest BCUT2D eigenvalue weighted by Crippen LogP contribution is 2.31. The van der Waals surface area contributed by atoms with Crippen LogP contribution in [0.25, 0.3) is 11.4 Å².